The topological polar surface area (TPSA) is 32.3 Å². The van der Waals surface area contributed by atoms with Crippen LogP contribution in [-0.4, -0.2) is 29.4 Å². The quantitative estimate of drug-likeness (QED) is 0.855. The van der Waals surface area contributed by atoms with Crippen molar-refractivity contribution in [2.75, 3.05) is 6.54 Å². The van der Waals surface area contributed by atoms with E-state index in [-0.39, 0.29) is 24.4 Å². The van der Waals surface area contributed by atoms with Gasteiger partial charge < -0.3 is 10.2 Å². The molecule has 2 unspecified atom stereocenters. The van der Waals surface area contributed by atoms with Crippen molar-refractivity contribution in [1.29, 1.82) is 0 Å². The van der Waals surface area contributed by atoms with Crippen LogP contribution in [0.1, 0.15) is 30.9 Å². The van der Waals surface area contributed by atoms with Gasteiger partial charge in [-0.25, -0.2) is 0 Å². The molecule has 3 nitrogen and oxygen atoms in total. The van der Waals surface area contributed by atoms with Crippen LogP contribution in [0.4, 0.5) is 0 Å². The van der Waals surface area contributed by atoms with Crippen molar-refractivity contribution < 1.29 is 4.79 Å². The smallest absolute Gasteiger partial charge is 0.240 e. The molecule has 0 saturated carbocycles. The zero-order chi connectivity index (χ0) is 12.5. The Morgan fingerprint density at radius 3 is 2.74 bits per heavy atom. The number of likely N-dealkylation sites (tertiary alicyclic amines) is 1. The average Bonchev–Trinajstić information content (AvgIpc) is 2.83. The molecule has 0 radical (unpaired) electrons. The summed E-state index contributed by atoms with van der Waals surface area (Å²) in [5.41, 5.74) is 2.65. The number of hydrogen-bond donors (Lipinski definition) is 1. The van der Waals surface area contributed by atoms with E-state index < -0.39 is 0 Å². The molecule has 1 fully saturated rings. The van der Waals surface area contributed by atoms with Gasteiger partial charge in [0.25, 0.3) is 0 Å². The summed E-state index contributed by atoms with van der Waals surface area (Å²) in [5.74, 6) is 0.287. The van der Waals surface area contributed by atoms with Crippen LogP contribution in [0.3, 0.4) is 0 Å². The van der Waals surface area contributed by atoms with Gasteiger partial charge >= 0.3 is 0 Å². The molecule has 4 heteroatoms. The number of hydrogen-bond acceptors (Lipinski definition) is 2. The second-order valence-corrected chi connectivity index (χ2v) is 5.43. The van der Waals surface area contributed by atoms with E-state index in [0.29, 0.717) is 6.04 Å². The van der Waals surface area contributed by atoms with Crippen molar-refractivity contribution in [3.63, 3.8) is 0 Å². The first-order valence-corrected chi connectivity index (χ1v) is 6.86. The fourth-order valence-corrected chi connectivity index (χ4v) is 3.09. The molecule has 3 rings (SSSR count). The van der Waals surface area contributed by atoms with E-state index in [2.05, 4.69) is 36.5 Å². The van der Waals surface area contributed by atoms with Gasteiger partial charge in [0.1, 0.15) is 0 Å². The third-order valence-electron chi connectivity index (χ3n) is 4.22. The van der Waals surface area contributed by atoms with E-state index >= 15 is 0 Å². The van der Waals surface area contributed by atoms with E-state index in [1.54, 1.807) is 0 Å². The minimum Gasteiger partial charge on any atom is -0.339 e. The highest BCUT2D eigenvalue weighted by molar-refractivity contribution is 5.85. The lowest BCUT2D eigenvalue weighted by molar-refractivity contribution is -0.134. The van der Waals surface area contributed by atoms with Gasteiger partial charge in [-0.1, -0.05) is 24.3 Å². The van der Waals surface area contributed by atoms with Gasteiger partial charge in [0.15, 0.2) is 0 Å². The lowest BCUT2D eigenvalue weighted by Crippen LogP contribution is -2.50. The van der Waals surface area contributed by atoms with Crippen molar-refractivity contribution in [2.45, 2.75) is 44.8 Å². The van der Waals surface area contributed by atoms with Crippen LogP contribution in [0.5, 0.6) is 0 Å². The Bertz CT molecular complexity index is 463. The van der Waals surface area contributed by atoms with Gasteiger partial charge in [0, 0.05) is 19.1 Å². The summed E-state index contributed by atoms with van der Waals surface area (Å²) < 4.78 is 0. The van der Waals surface area contributed by atoms with Gasteiger partial charge in [-0.2, -0.15) is 0 Å². The molecule has 1 saturated heterocycles. The first-order valence-electron chi connectivity index (χ1n) is 6.86. The highest BCUT2D eigenvalue weighted by Crippen LogP contribution is 2.21. The molecule has 19 heavy (non-hydrogen) atoms. The van der Waals surface area contributed by atoms with Gasteiger partial charge in [-0.05, 0) is 37.3 Å². The summed E-state index contributed by atoms with van der Waals surface area (Å²) in [4.78, 5) is 14.5. The summed E-state index contributed by atoms with van der Waals surface area (Å²) in [6.45, 7) is 3.90. The van der Waals surface area contributed by atoms with Gasteiger partial charge in [0.2, 0.25) is 5.91 Å². The number of nitrogens with zero attached hydrogens (tertiary/aromatic N) is 1. The Kier molecular flexibility index (Phi) is 4.48. The molecule has 2 aliphatic rings. The van der Waals surface area contributed by atoms with Crippen LogP contribution in [0.25, 0.3) is 0 Å². The molecule has 0 aliphatic carbocycles. The maximum Gasteiger partial charge on any atom is 0.240 e. The molecule has 1 amide bonds. The molecule has 0 spiro atoms. The molecule has 1 N–H and O–H groups in total. The number of carbonyl (C=O) groups excluding carboxylic acids is 1. The van der Waals surface area contributed by atoms with E-state index in [1.807, 2.05) is 4.90 Å². The number of benzene rings is 1. The van der Waals surface area contributed by atoms with Gasteiger partial charge in [-0.15, -0.1) is 12.4 Å². The Balaban J connectivity index is 0.00000133. The molecule has 1 aromatic carbocycles. The lowest BCUT2D eigenvalue weighted by atomic mass is 9.95. The number of nitrogens with one attached hydrogen (secondary N) is 1. The number of amides is 1. The minimum atomic E-state index is -0.0274. The molecular formula is C15H21ClN2O. The predicted molar refractivity (Wildman–Crippen MR) is 78.4 cm³/mol. The SMILES string of the molecule is CC1CCCN1C(=O)C1Cc2ccccc2CN1.Cl. The molecular weight excluding hydrogens is 260 g/mol. The second-order valence-electron chi connectivity index (χ2n) is 5.43. The minimum absolute atomic E-state index is 0. The van der Waals surface area contributed by atoms with E-state index in [0.717, 1.165) is 32.4 Å². The number of fused-ring (bicyclic) bond motifs is 1. The number of halogens is 1. The Morgan fingerprint density at radius 2 is 2.05 bits per heavy atom. The summed E-state index contributed by atoms with van der Waals surface area (Å²) in [6, 6.07) is 8.79. The van der Waals surface area contributed by atoms with Crippen molar-refractivity contribution in [3.8, 4) is 0 Å². The van der Waals surface area contributed by atoms with Crippen LogP contribution in [0.15, 0.2) is 24.3 Å². The first-order chi connectivity index (χ1) is 8.75. The van der Waals surface area contributed by atoms with Crippen LogP contribution in [0, 0.1) is 0 Å². The lowest BCUT2D eigenvalue weighted by Gasteiger charge is -2.31. The fourth-order valence-electron chi connectivity index (χ4n) is 3.09. The number of carbonyl (C=O) groups is 1. The fraction of sp³-hybridized carbons (Fsp3) is 0.533. The highest BCUT2D eigenvalue weighted by Gasteiger charge is 2.32. The molecule has 2 heterocycles. The van der Waals surface area contributed by atoms with Gasteiger partial charge in [-0.3, -0.25) is 4.79 Å². The van der Waals surface area contributed by atoms with Crippen molar-refractivity contribution in [1.82, 2.24) is 10.2 Å². The third-order valence-corrected chi connectivity index (χ3v) is 4.22. The van der Waals surface area contributed by atoms with E-state index in [1.165, 1.54) is 11.1 Å². The first kappa shape index (κ1) is 14.4. The molecule has 2 aliphatic heterocycles. The van der Waals surface area contributed by atoms with E-state index in [4.69, 9.17) is 0 Å². The van der Waals surface area contributed by atoms with Crippen LogP contribution >= 0.6 is 12.4 Å². The van der Waals surface area contributed by atoms with E-state index in [9.17, 15) is 4.79 Å². The van der Waals surface area contributed by atoms with Crippen molar-refractivity contribution in [2.24, 2.45) is 0 Å². The third kappa shape index (κ3) is 2.77. The Hall–Kier alpha value is -1.06. The monoisotopic (exact) mass is 280 g/mol. The zero-order valence-electron chi connectivity index (χ0n) is 11.3. The maximum absolute atomic E-state index is 12.5. The van der Waals surface area contributed by atoms with Crippen molar-refractivity contribution in [3.05, 3.63) is 35.4 Å². The summed E-state index contributed by atoms with van der Waals surface area (Å²) in [5, 5.41) is 3.38. The molecule has 104 valence electrons. The maximum atomic E-state index is 12.5. The average molecular weight is 281 g/mol. The predicted octanol–water partition coefficient (Wildman–Crippen LogP) is 2.13. The Morgan fingerprint density at radius 1 is 1.32 bits per heavy atom. The second kappa shape index (κ2) is 5.93. The molecule has 0 bridgehead atoms. The molecule has 1 aromatic rings. The Labute approximate surface area is 120 Å². The van der Waals surface area contributed by atoms with Gasteiger partial charge in [0.05, 0.1) is 6.04 Å². The molecule has 0 aromatic heterocycles. The van der Waals surface area contributed by atoms with Crippen LogP contribution < -0.4 is 5.32 Å². The summed E-state index contributed by atoms with van der Waals surface area (Å²) >= 11 is 0. The zero-order valence-corrected chi connectivity index (χ0v) is 12.1. The summed E-state index contributed by atoms with van der Waals surface area (Å²) in [7, 11) is 0. The summed E-state index contributed by atoms with van der Waals surface area (Å²) in [6.07, 6.45) is 3.13. The largest absolute Gasteiger partial charge is 0.339 e. The van der Waals surface area contributed by atoms with Crippen LogP contribution in [0.2, 0.25) is 0 Å². The highest BCUT2D eigenvalue weighted by atomic mass is 35.5. The normalized spacial score (nSPS) is 25.6. The van der Waals surface area contributed by atoms with Crippen LogP contribution in [-0.2, 0) is 17.8 Å². The molecule has 2 atom stereocenters. The van der Waals surface area contributed by atoms with Crippen molar-refractivity contribution >= 4 is 18.3 Å². The number of rotatable bonds is 1. The standard InChI is InChI=1S/C15H20N2O.ClH/c1-11-5-4-8-17(11)15(18)14-9-12-6-2-3-7-13(12)10-16-14;/h2-3,6-7,11,14,16H,4-5,8-10H2,1H3;1H.